The Morgan fingerprint density at radius 3 is 2.26 bits per heavy atom. The van der Waals surface area contributed by atoms with Crippen molar-refractivity contribution < 1.29 is 14.3 Å². The maximum absolute atomic E-state index is 12.3. The van der Waals surface area contributed by atoms with E-state index < -0.39 is 0 Å². The average molecular weight is 310 g/mol. The van der Waals surface area contributed by atoms with Gasteiger partial charge in [-0.05, 0) is 11.1 Å². The van der Waals surface area contributed by atoms with Crippen LogP contribution < -0.4 is 0 Å². The van der Waals surface area contributed by atoms with Gasteiger partial charge in [-0.3, -0.25) is 4.79 Å². The van der Waals surface area contributed by atoms with E-state index in [1.54, 1.807) is 0 Å². The van der Waals surface area contributed by atoms with E-state index in [2.05, 4.69) is 0 Å². The van der Waals surface area contributed by atoms with Gasteiger partial charge in [0.25, 0.3) is 0 Å². The predicted molar refractivity (Wildman–Crippen MR) is 89.1 cm³/mol. The van der Waals surface area contributed by atoms with Crippen molar-refractivity contribution in [2.75, 3.05) is 13.2 Å². The van der Waals surface area contributed by atoms with Gasteiger partial charge in [-0.2, -0.15) is 0 Å². The number of carbonyl (C=O) groups is 1. The largest absolute Gasteiger partial charge is 0.376 e. The van der Waals surface area contributed by atoms with Crippen LogP contribution in [0.15, 0.2) is 60.7 Å². The summed E-state index contributed by atoms with van der Waals surface area (Å²) in [4.78, 5) is 12.3. The maximum atomic E-state index is 12.3. The summed E-state index contributed by atoms with van der Waals surface area (Å²) in [6, 6.07) is 20.1. The lowest BCUT2D eigenvalue weighted by Gasteiger charge is -2.28. The molecule has 1 saturated heterocycles. The van der Waals surface area contributed by atoms with Crippen LogP contribution in [0.3, 0.4) is 0 Å². The molecule has 0 amide bonds. The highest BCUT2D eigenvalue weighted by molar-refractivity contribution is 5.84. The Bertz CT molecular complexity index is 609. The van der Waals surface area contributed by atoms with Gasteiger partial charge in [0.1, 0.15) is 6.10 Å². The van der Waals surface area contributed by atoms with Crippen LogP contribution in [-0.2, 0) is 27.3 Å². The molecule has 0 N–H and O–H groups in total. The second-order valence-electron chi connectivity index (χ2n) is 6.05. The highest BCUT2D eigenvalue weighted by Gasteiger charge is 2.29. The van der Waals surface area contributed by atoms with Gasteiger partial charge >= 0.3 is 0 Å². The van der Waals surface area contributed by atoms with Gasteiger partial charge < -0.3 is 9.47 Å². The molecule has 0 spiro atoms. The van der Waals surface area contributed by atoms with Crippen LogP contribution in [0.4, 0.5) is 0 Å². The molecule has 0 aliphatic carbocycles. The molecule has 0 aromatic heterocycles. The summed E-state index contributed by atoms with van der Waals surface area (Å²) in [6.07, 6.45) is 0.909. The highest BCUT2D eigenvalue weighted by Crippen LogP contribution is 2.20. The molecule has 0 radical (unpaired) electrons. The van der Waals surface area contributed by atoms with Gasteiger partial charge in [-0.1, -0.05) is 60.7 Å². The van der Waals surface area contributed by atoms with Crippen LogP contribution in [0.2, 0.25) is 0 Å². The number of ketones is 1. The van der Waals surface area contributed by atoms with Crippen LogP contribution in [0.5, 0.6) is 0 Å². The van der Waals surface area contributed by atoms with Gasteiger partial charge in [0, 0.05) is 18.8 Å². The average Bonchev–Trinajstić information content (AvgIpc) is 2.59. The number of Topliss-reactive ketones (excluding diaryl/α,β-unsaturated/α-hetero) is 1. The third kappa shape index (κ3) is 4.75. The second-order valence-corrected chi connectivity index (χ2v) is 6.05. The van der Waals surface area contributed by atoms with Crippen LogP contribution in [0, 0.1) is 5.92 Å². The Morgan fingerprint density at radius 2 is 1.61 bits per heavy atom. The molecule has 1 heterocycles. The summed E-state index contributed by atoms with van der Waals surface area (Å²) in [5.41, 5.74) is 2.29. The number of benzene rings is 2. The Morgan fingerprint density at radius 1 is 0.957 bits per heavy atom. The van der Waals surface area contributed by atoms with Gasteiger partial charge in [0.15, 0.2) is 5.78 Å². The molecule has 3 heteroatoms. The predicted octanol–water partition coefficient (Wildman–Crippen LogP) is 3.42. The Balaban J connectivity index is 1.42. The first kappa shape index (κ1) is 15.9. The molecule has 0 saturated carbocycles. The SMILES string of the molecule is O=C1CC(COCc2ccccc2)COC1Cc1ccccc1. The summed E-state index contributed by atoms with van der Waals surface area (Å²) in [5.74, 6) is 0.353. The van der Waals surface area contributed by atoms with Crippen molar-refractivity contribution in [3.8, 4) is 0 Å². The quantitative estimate of drug-likeness (QED) is 0.820. The first-order chi connectivity index (χ1) is 11.3. The van der Waals surface area contributed by atoms with E-state index in [4.69, 9.17) is 9.47 Å². The first-order valence-electron chi connectivity index (χ1n) is 8.11. The van der Waals surface area contributed by atoms with E-state index >= 15 is 0 Å². The monoisotopic (exact) mass is 310 g/mol. The molecule has 1 aliphatic heterocycles. The topological polar surface area (TPSA) is 35.5 Å². The minimum Gasteiger partial charge on any atom is -0.376 e. The van der Waals surface area contributed by atoms with Crippen molar-refractivity contribution in [2.45, 2.75) is 25.6 Å². The van der Waals surface area contributed by atoms with E-state index in [9.17, 15) is 4.79 Å². The van der Waals surface area contributed by atoms with Crippen molar-refractivity contribution in [3.63, 3.8) is 0 Å². The van der Waals surface area contributed by atoms with Crippen LogP contribution >= 0.6 is 0 Å². The highest BCUT2D eigenvalue weighted by atomic mass is 16.5. The number of hydrogen-bond acceptors (Lipinski definition) is 3. The molecule has 2 unspecified atom stereocenters. The second kappa shape index (κ2) is 8.04. The normalized spacial score (nSPS) is 21.3. The van der Waals surface area contributed by atoms with E-state index in [1.165, 1.54) is 0 Å². The molecule has 120 valence electrons. The Labute approximate surface area is 137 Å². The molecule has 3 nitrogen and oxygen atoms in total. The van der Waals surface area contributed by atoms with Crippen molar-refractivity contribution >= 4 is 5.78 Å². The zero-order valence-electron chi connectivity index (χ0n) is 13.2. The molecule has 0 bridgehead atoms. The zero-order chi connectivity index (χ0) is 15.9. The standard InChI is InChI=1S/C20H22O3/c21-19-11-18(14-22-13-17-9-5-2-6-10-17)15-23-20(19)12-16-7-3-1-4-8-16/h1-10,18,20H,11-15H2. The van der Waals surface area contributed by atoms with Crippen molar-refractivity contribution in [1.82, 2.24) is 0 Å². The van der Waals surface area contributed by atoms with E-state index in [0.717, 1.165) is 11.1 Å². The maximum Gasteiger partial charge on any atom is 0.162 e. The molecule has 1 fully saturated rings. The number of ether oxygens (including phenoxy) is 2. The molecule has 1 aliphatic rings. The molecule has 3 rings (SSSR count). The number of hydrogen-bond donors (Lipinski definition) is 0. The first-order valence-corrected chi connectivity index (χ1v) is 8.11. The molecular formula is C20H22O3. The lowest BCUT2D eigenvalue weighted by Crippen LogP contribution is -2.38. The van der Waals surface area contributed by atoms with E-state index in [-0.39, 0.29) is 17.8 Å². The Hall–Kier alpha value is -1.97. The summed E-state index contributed by atoms with van der Waals surface area (Å²) >= 11 is 0. The summed E-state index contributed by atoms with van der Waals surface area (Å²) in [6.45, 7) is 1.75. The van der Waals surface area contributed by atoms with Crippen LogP contribution in [0.25, 0.3) is 0 Å². The fraction of sp³-hybridized carbons (Fsp3) is 0.350. The molecule has 23 heavy (non-hydrogen) atoms. The van der Waals surface area contributed by atoms with Gasteiger partial charge in [0.2, 0.25) is 0 Å². The zero-order valence-corrected chi connectivity index (χ0v) is 13.2. The Kier molecular flexibility index (Phi) is 5.56. The van der Waals surface area contributed by atoms with Gasteiger partial charge in [-0.25, -0.2) is 0 Å². The third-order valence-corrected chi connectivity index (χ3v) is 4.11. The van der Waals surface area contributed by atoms with Crippen molar-refractivity contribution in [3.05, 3.63) is 71.8 Å². The molecular weight excluding hydrogens is 288 g/mol. The third-order valence-electron chi connectivity index (χ3n) is 4.11. The molecule has 2 aromatic rings. The number of rotatable bonds is 6. The van der Waals surface area contributed by atoms with Crippen LogP contribution in [0.1, 0.15) is 17.5 Å². The summed E-state index contributed by atoms with van der Waals surface area (Å²) < 4.78 is 11.5. The van der Waals surface area contributed by atoms with E-state index in [0.29, 0.717) is 32.7 Å². The minimum absolute atomic E-state index is 0.165. The van der Waals surface area contributed by atoms with Crippen LogP contribution in [-0.4, -0.2) is 25.1 Å². The summed E-state index contributed by atoms with van der Waals surface area (Å²) in [7, 11) is 0. The van der Waals surface area contributed by atoms with Crippen molar-refractivity contribution in [1.29, 1.82) is 0 Å². The number of carbonyl (C=O) groups excluding carboxylic acids is 1. The van der Waals surface area contributed by atoms with Gasteiger partial charge in [0.05, 0.1) is 19.8 Å². The fourth-order valence-corrected chi connectivity index (χ4v) is 2.85. The minimum atomic E-state index is -0.303. The van der Waals surface area contributed by atoms with E-state index in [1.807, 2.05) is 60.7 Å². The molecule has 2 aromatic carbocycles. The summed E-state index contributed by atoms with van der Waals surface area (Å²) in [5, 5.41) is 0. The van der Waals surface area contributed by atoms with Crippen molar-refractivity contribution in [2.24, 2.45) is 5.92 Å². The smallest absolute Gasteiger partial charge is 0.162 e. The fourth-order valence-electron chi connectivity index (χ4n) is 2.85. The van der Waals surface area contributed by atoms with Gasteiger partial charge in [-0.15, -0.1) is 0 Å². The molecule has 2 atom stereocenters. The lowest BCUT2D eigenvalue weighted by atomic mass is 9.94. The lowest BCUT2D eigenvalue weighted by molar-refractivity contribution is -0.141.